The quantitative estimate of drug-likeness (QED) is 0.431. The summed E-state index contributed by atoms with van der Waals surface area (Å²) in [4.78, 5) is 45.8. The average molecular weight is 569 g/mol. The summed E-state index contributed by atoms with van der Waals surface area (Å²) in [7, 11) is 1.80. The molecular formula is C33H36N4O5. The molecule has 7 rings (SSSR count). The van der Waals surface area contributed by atoms with Gasteiger partial charge >= 0.3 is 0 Å². The number of pyridine rings is 1. The van der Waals surface area contributed by atoms with Gasteiger partial charge < -0.3 is 14.4 Å². The van der Waals surface area contributed by atoms with Gasteiger partial charge in [-0.3, -0.25) is 29.6 Å². The number of ether oxygens (including phenoxy) is 2. The monoisotopic (exact) mass is 568 g/mol. The predicted octanol–water partition coefficient (Wildman–Crippen LogP) is 3.93. The summed E-state index contributed by atoms with van der Waals surface area (Å²) in [5.74, 6) is 0.276. The van der Waals surface area contributed by atoms with E-state index >= 15 is 0 Å². The Morgan fingerprint density at radius 3 is 2.76 bits per heavy atom. The Hall–Kier alpha value is -3.82. The van der Waals surface area contributed by atoms with E-state index in [4.69, 9.17) is 14.5 Å². The van der Waals surface area contributed by atoms with Crippen LogP contribution in [0.5, 0.6) is 5.75 Å². The second-order valence-electron chi connectivity index (χ2n) is 12.1. The number of nitrogens with zero attached hydrogens (tertiary/aromatic N) is 3. The van der Waals surface area contributed by atoms with Gasteiger partial charge in [0.2, 0.25) is 11.8 Å². The first-order chi connectivity index (χ1) is 20.4. The molecule has 0 bridgehead atoms. The number of hydrogen-bond donors (Lipinski definition) is 1. The van der Waals surface area contributed by atoms with E-state index in [0.29, 0.717) is 24.4 Å². The van der Waals surface area contributed by atoms with E-state index < -0.39 is 11.9 Å². The number of carbonyl (C=O) groups excluding carboxylic acids is 3. The molecular weight excluding hydrogens is 532 g/mol. The molecule has 4 atom stereocenters. The molecule has 1 N–H and O–H groups in total. The van der Waals surface area contributed by atoms with Crippen molar-refractivity contribution in [2.24, 2.45) is 0 Å². The molecule has 42 heavy (non-hydrogen) atoms. The molecule has 2 saturated heterocycles. The molecule has 1 unspecified atom stereocenters. The largest absolute Gasteiger partial charge is 0.489 e. The summed E-state index contributed by atoms with van der Waals surface area (Å²) in [5, 5.41) is 3.51. The molecule has 9 nitrogen and oxygen atoms in total. The van der Waals surface area contributed by atoms with Crippen LogP contribution in [0.2, 0.25) is 0 Å². The molecule has 3 aromatic rings. The smallest absolute Gasteiger partial charge is 0.255 e. The molecule has 4 heterocycles. The number of rotatable bonds is 7. The summed E-state index contributed by atoms with van der Waals surface area (Å²) >= 11 is 0. The fourth-order valence-electron chi connectivity index (χ4n) is 7.15. The van der Waals surface area contributed by atoms with Gasteiger partial charge in [0.05, 0.1) is 11.6 Å². The highest BCUT2D eigenvalue weighted by molar-refractivity contribution is 6.05. The lowest BCUT2D eigenvalue weighted by molar-refractivity contribution is -0.136. The first-order valence-corrected chi connectivity index (χ1v) is 15.0. The van der Waals surface area contributed by atoms with Gasteiger partial charge in [0.1, 0.15) is 17.9 Å². The zero-order valence-electron chi connectivity index (χ0n) is 23.9. The van der Waals surface area contributed by atoms with Gasteiger partial charge in [0.25, 0.3) is 5.91 Å². The SMILES string of the molecule is CO[C@@H]1CCC[C@H]1c1ccc2cc(CN3CC[C@H](Oc4ccc5c(c4)CN(C4CCC(=O)NC4=O)C5=O)C3)ccc2n1. The second-order valence-corrected chi connectivity index (χ2v) is 12.1. The van der Waals surface area contributed by atoms with Crippen molar-refractivity contribution in [3.63, 3.8) is 0 Å². The van der Waals surface area contributed by atoms with Gasteiger partial charge in [-0.2, -0.15) is 0 Å². The van der Waals surface area contributed by atoms with E-state index in [1.165, 1.54) is 12.0 Å². The zero-order valence-corrected chi connectivity index (χ0v) is 23.9. The molecule has 3 fully saturated rings. The predicted molar refractivity (Wildman–Crippen MR) is 156 cm³/mol. The van der Waals surface area contributed by atoms with Gasteiger partial charge in [-0.25, -0.2) is 0 Å². The number of likely N-dealkylation sites (tertiary alicyclic amines) is 1. The number of fused-ring (bicyclic) bond motifs is 2. The molecule has 2 aromatic carbocycles. The van der Waals surface area contributed by atoms with Crippen LogP contribution in [-0.4, -0.2) is 71.0 Å². The molecule has 1 aliphatic carbocycles. The summed E-state index contributed by atoms with van der Waals surface area (Å²) in [6, 6.07) is 15.9. The van der Waals surface area contributed by atoms with E-state index in [2.05, 4.69) is 40.5 Å². The van der Waals surface area contributed by atoms with Crippen molar-refractivity contribution in [3.05, 3.63) is 70.9 Å². The zero-order chi connectivity index (χ0) is 28.8. The first-order valence-electron chi connectivity index (χ1n) is 15.0. The number of methoxy groups -OCH3 is 1. The highest BCUT2D eigenvalue weighted by atomic mass is 16.5. The molecule has 9 heteroatoms. The maximum Gasteiger partial charge on any atom is 0.255 e. The van der Waals surface area contributed by atoms with Gasteiger partial charge in [0.15, 0.2) is 0 Å². The molecule has 0 radical (unpaired) electrons. The van der Waals surface area contributed by atoms with Crippen molar-refractivity contribution in [1.29, 1.82) is 0 Å². The lowest BCUT2D eigenvalue weighted by Gasteiger charge is -2.29. The number of piperidine rings is 1. The lowest BCUT2D eigenvalue weighted by atomic mass is 9.99. The fraction of sp³-hybridized carbons (Fsp3) is 0.455. The van der Waals surface area contributed by atoms with Crippen molar-refractivity contribution in [1.82, 2.24) is 20.1 Å². The van der Waals surface area contributed by atoms with Crippen LogP contribution < -0.4 is 10.1 Å². The van der Waals surface area contributed by atoms with Crippen molar-refractivity contribution < 1.29 is 23.9 Å². The Balaban J connectivity index is 0.962. The van der Waals surface area contributed by atoms with E-state index in [1.54, 1.807) is 18.1 Å². The summed E-state index contributed by atoms with van der Waals surface area (Å²) in [6.07, 6.45) is 5.30. The van der Waals surface area contributed by atoms with E-state index in [9.17, 15) is 14.4 Å². The van der Waals surface area contributed by atoms with Crippen LogP contribution >= 0.6 is 0 Å². The van der Waals surface area contributed by atoms with Crippen molar-refractivity contribution >= 4 is 28.6 Å². The second kappa shape index (κ2) is 11.1. The highest BCUT2D eigenvalue weighted by Crippen LogP contribution is 2.36. The van der Waals surface area contributed by atoms with Gasteiger partial charge in [0, 0.05) is 62.3 Å². The van der Waals surface area contributed by atoms with E-state index in [0.717, 1.165) is 66.8 Å². The van der Waals surface area contributed by atoms with Crippen LogP contribution in [-0.2, 0) is 27.4 Å². The van der Waals surface area contributed by atoms with Crippen molar-refractivity contribution in [2.75, 3.05) is 20.2 Å². The molecule has 1 saturated carbocycles. The molecule has 4 aliphatic rings. The van der Waals surface area contributed by atoms with Gasteiger partial charge in [-0.15, -0.1) is 0 Å². The van der Waals surface area contributed by atoms with E-state index in [-0.39, 0.29) is 30.4 Å². The third-order valence-electron chi connectivity index (χ3n) is 9.34. The Morgan fingerprint density at radius 2 is 1.90 bits per heavy atom. The third kappa shape index (κ3) is 5.16. The number of amides is 3. The number of hydrogen-bond acceptors (Lipinski definition) is 7. The maximum absolute atomic E-state index is 13.0. The Labute approximate surface area is 245 Å². The maximum atomic E-state index is 13.0. The van der Waals surface area contributed by atoms with Crippen LogP contribution in [0.4, 0.5) is 0 Å². The van der Waals surface area contributed by atoms with Crippen LogP contribution in [0.15, 0.2) is 48.5 Å². The third-order valence-corrected chi connectivity index (χ3v) is 9.34. The minimum atomic E-state index is -0.612. The fourth-order valence-corrected chi connectivity index (χ4v) is 7.15. The van der Waals surface area contributed by atoms with Gasteiger partial charge in [-0.05, 0) is 73.2 Å². The Morgan fingerprint density at radius 1 is 1.00 bits per heavy atom. The number of imide groups is 1. The normalized spacial score (nSPS) is 26.2. The summed E-state index contributed by atoms with van der Waals surface area (Å²) < 4.78 is 12.0. The first kappa shape index (κ1) is 27.0. The lowest BCUT2D eigenvalue weighted by Crippen LogP contribution is -2.52. The molecule has 0 spiro atoms. The number of carbonyl (C=O) groups is 3. The van der Waals surface area contributed by atoms with Crippen LogP contribution in [0.3, 0.4) is 0 Å². The number of benzene rings is 2. The summed E-state index contributed by atoms with van der Waals surface area (Å²) in [5.41, 5.74) is 4.89. The van der Waals surface area contributed by atoms with Crippen molar-refractivity contribution in [2.45, 2.75) is 75.8 Å². The Bertz CT molecular complexity index is 1560. The average Bonchev–Trinajstić information content (AvgIpc) is 3.72. The van der Waals surface area contributed by atoms with Crippen LogP contribution in [0.1, 0.15) is 71.6 Å². The Kier molecular flexibility index (Phi) is 7.15. The standard InChI is InChI=1S/C33H36N4O5/c1-41-30-4-2-3-26(30)28-10-6-21-15-20(5-9-27(21)34-28)17-36-14-13-24(19-36)42-23-7-8-25-22(16-23)18-37(33(25)40)29-11-12-31(38)35-32(29)39/h5-10,15-16,24,26,29-30H,2-4,11-14,17-19H2,1H3,(H,35,38,39)/t24-,26-,29?,30+/m0/s1. The highest BCUT2D eigenvalue weighted by Gasteiger charge is 2.39. The minimum absolute atomic E-state index is 0.0659. The number of nitrogens with one attached hydrogen (secondary N) is 1. The molecule has 3 amide bonds. The molecule has 1 aromatic heterocycles. The topological polar surface area (TPSA) is 101 Å². The van der Waals surface area contributed by atoms with Crippen LogP contribution in [0, 0.1) is 0 Å². The van der Waals surface area contributed by atoms with Crippen LogP contribution in [0.25, 0.3) is 10.9 Å². The van der Waals surface area contributed by atoms with Crippen molar-refractivity contribution in [3.8, 4) is 5.75 Å². The van der Waals surface area contributed by atoms with Gasteiger partial charge in [-0.1, -0.05) is 18.6 Å². The minimum Gasteiger partial charge on any atom is -0.489 e. The van der Waals surface area contributed by atoms with E-state index in [1.807, 2.05) is 12.1 Å². The number of aromatic nitrogens is 1. The molecule has 218 valence electrons. The summed E-state index contributed by atoms with van der Waals surface area (Å²) in [6.45, 7) is 2.98. The molecule has 3 aliphatic heterocycles.